The van der Waals surface area contributed by atoms with Crippen molar-refractivity contribution in [1.29, 1.82) is 0 Å². The van der Waals surface area contributed by atoms with Gasteiger partial charge in [-0.3, -0.25) is 4.79 Å². The van der Waals surface area contributed by atoms with Gasteiger partial charge in [0.1, 0.15) is 5.82 Å². The zero-order valence-corrected chi connectivity index (χ0v) is 12.8. The highest BCUT2D eigenvalue weighted by Gasteiger charge is 2.08. The van der Waals surface area contributed by atoms with E-state index in [1.54, 1.807) is 36.5 Å². The molecule has 0 aliphatic carbocycles. The van der Waals surface area contributed by atoms with Gasteiger partial charge in [0.2, 0.25) is 0 Å². The zero-order valence-electron chi connectivity index (χ0n) is 12.0. The first-order valence-electron chi connectivity index (χ1n) is 6.97. The Bertz CT molecular complexity index is 921. The maximum atomic E-state index is 13.3. The van der Waals surface area contributed by atoms with Gasteiger partial charge in [-0.15, -0.1) is 0 Å². The van der Waals surface area contributed by atoms with E-state index in [0.29, 0.717) is 16.1 Å². The third kappa shape index (κ3) is 3.43. The van der Waals surface area contributed by atoms with Crippen LogP contribution in [-0.4, -0.2) is 9.67 Å². The molecule has 1 N–H and O–H groups in total. The number of hydrogen-bond donors (Lipinski definition) is 1. The third-order valence-corrected chi connectivity index (χ3v) is 3.70. The lowest BCUT2D eigenvalue weighted by Gasteiger charge is -2.10. The number of aromatic nitrogens is 1. The predicted molar refractivity (Wildman–Crippen MR) is 88.3 cm³/mol. The SMILES string of the molecule is O=c1c(O)cc(-c2cccc(Cl)c2)cn1Cc1cccc(F)c1. The fraction of sp³-hybridized carbons (Fsp3) is 0.0556. The molecule has 3 rings (SSSR count). The normalized spacial score (nSPS) is 10.7. The summed E-state index contributed by atoms with van der Waals surface area (Å²) >= 11 is 5.98. The Balaban J connectivity index is 2.05. The number of rotatable bonds is 3. The van der Waals surface area contributed by atoms with Crippen LogP contribution >= 0.6 is 11.6 Å². The molecule has 0 amide bonds. The summed E-state index contributed by atoms with van der Waals surface area (Å²) in [7, 11) is 0. The molecule has 2 aromatic carbocycles. The summed E-state index contributed by atoms with van der Waals surface area (Å²) in [5, 5.41) is 10.5. The van der Waals surface area contributed by atoms with E-state index in [9.17, 15) is 14.3 Å². The third-order valence-electron chi connectivity index (χ3n) is 3.47. The van der Waals surface area contributed by atoms with Gasteiger partial charge in [0, 0.05) is 16.8 Å². The molecule has 116 valence electrons. The largest absolute Gasteiger partial charge is 0.503 e. The van der Waals surface area contributed by atoms with Gasteiger partial charge in [0.15, 0.2) is 5.75 Å². The molecule has 3 aromatic rings. The summed E-state index contributed by atoms with van der Waals surface area (Å²) < 4.78 is 14.6. The van der Waals surface area contributed by atoms with Crippen molar-refractivity contribution in [2.75, 3.05) is 0 Å². The summed E-state index contributed by atoms with van der Waals surface area (Å²) in [5.41, 5.74) is 1.54. The van der Waals surface area contributed by atoms with Gasteiger partial charge in [0.25, 0.3) is 5.56 Å². The molecular weight excluding hydrogens is 317 g/mol. The van der Waals surface area contributed by atoms with Gasteiger partial charge >= 0.3 is 0 Å². The minimum atomic E-state index is -0.528. The standard InChI is InChI=1S/C18H13ClFNO2/c19-15-5-2-4-13(8-15)14-9-17(22)18(23)21(11-14)10-12-3-1-6-16(20)7-12/h1-9,11,22H,10H2. The molecule has 0 aliphatic rings. The lowest BCUT2D eigenvalue weighted by Crippen LogP contribution is -2.20. The van der Waals surface area contributed by atoms with Crippen LogP contribution in [-0.2, 0) is 6.54 Å². The molecule has 0 atom stereocenters. The average Bonchev–Trinajstić information content (AvgIpc) is 2.51. The van der Waals surface area contributed by atoms with Crippen LogP contribution in [0.3, 0.4) is 0 Å². The van der Waals surface area contributed by atoms with Crippen molar-refractivity contribution in [2.24, 2.45) is 0 Å². The van der Waals surface area contributed by atoms with E-state index < -0.39 is 5.56 Å². The van der Waals surface area contributed by atoms with Crippen LogP contribution in [0.1, 0.15) is 5.56 Å². The highest BCUT2D eigenvalue weighted by atomic mass is 35.5. The number of pyridine rings is 1. The van der Waals surface area contributed by atoms with Crippen molar-refractivity contribution in [3.8, 4) is 16.9 Å². The highest BCUT2D eigenvalue weighted by molar-refractivity contribution is 6.30. The first-order chi connectivity index (χ1) is 11.0. The lowest BCUT2D eigenvalue weighted by molar-refractivity contribution is 0.459. The Morgan fingerprint density at radius 2 is 1.83 bits per heavy atom. The second-order valence-corrected chi connectivity index (χ2v) is 5.62. The Morgan fingerprint density at radius 1 is 1.04 bits per heavy atom. The smallest absolute Gasteiger partial charge is 0.292 e. The van der Waals surface area contributed by atoms with Crippen molar-refractivity contribution >= 4 is 11.6 Å². The van der Waals surface area contributed by atoms with Crippen LogP contribution in [0.25, 0.3) is 11.1 Å². The van der Waals surface area contributed by atoms with Crippen molar-refractivity contribution < 1.29 is 9.50 Å². The maximum absolute atomic E-state index is 13.3. The van der Waals surface area contributed by atoms with Gasteiger partial charge in [-0.2, -0.15) is 0 Å². The number of hydrogen-bond acceptors (Lipinski definition) is 2. The molecule has 1 aromatic heterocycles. The monoisotopic (exact) mass is 329 g/mol. The Kier molecular flexibility index (Phi) is 4.17. The first kappa shape index (κ1) is 15.3. The fourth-order valence-corrected chi connectivity index (χ4v) is 2.59. The van der Waals surface area contributed by atoms with Crippen LogP contribution in [0.4, 0.5) is 4.39 Å². The van der Waals surface area contributed by atoms with Crippen LogP contribution < -0.4 is 5.56 Å². The summed E-state index contributed by atoms with van der Waals surface area (Å²) in [6, 6.07) is 14.5. The van der Waals surface area contributed by atoms with Gasteiger partial charge in [-0.25, -0.2) is 4.39 Å². The highest BCUT2D eigenvalue weighted by Crippen LogP contribution is 2.24. The van der Waals surface area contributed by atoms with Crippen LogP contribution in [0.5, 0.6) is 5.75 Å². The number of halogens is 2. The summed E-state index contributed by atoms with van der Waals surface area (Å²) in [4.78, 5) is 12.1. The van der Waals surface area contributed by atoms with Crippen molar-refractivity contribution in [2.45, 2.75) is 6.54 Å². The predicted octanol–water partition coefficient (Wildman–Crippen LogP) is 4.06. The van der Waals surface area contributed by atoms with Crippen molar-refractivity contribution in [3.63, 3.8) is 0 Å². The van der Waals surface area contributed by atoms with Crippen LogP contribution in [0.15, 0.2) is 65.6 Å². The molecule has 0 spiro atoms. The quantitative estimate of drug-likeness (QED) is 0.787. The summed E-state index contributed by atoms with van der Waals surface area (Å²) in [6.07, 6.45) is 1.62. The summed E-state index contributed by atoms with van der Waals surface area (Å²) in [5.74, 6) is -0.732. The molecule has 3 nitrogen and oxygen atoms in total. The van der Waals surface area contributed by atoms with E-state index in [1.807, 2.05) is 6.07 Å². The molecule has 0 aliphatic heterocycles. The van der Waals surface area contributed by atoms with Gasteiger partial charge < -0.3 is 9.67 Å². The molecule has 0 saturated carbocycles. The van der Waals surface area contributed by atoms with E-state index in [0.717, 1.165) is 5.56 Å². The Hall–Kier alpha value is -2.59. The van der Waals surface area contributed by atoms with Crippen LogP contribution in [0, 0.1) is 5.82 Å². The minimum Gasteiger partial charge on any atom is -0.503 e. The average molecular weight is 330 g/mol. The lowest BCUT2D eigenvalue weighted by atomic mass is 10.1. The van der Waals surface area contributed by atoms with Crippen LogP contribution in [0.2, 0.25) is 5.02 Å². The molecule has 0 fully saturated rings. The molecule has 0 radical (unpaired) electrons. The second kappa shape index (κ2) is 6.26. The molecule has 0 saturated heterocycles. The maximum Gasteiger partial charge on any atom is 0.292 e. The Morgan fingerprint density at radius 3 is 2.57 bits per heavy atom. The Labute approximate surface area is 137 Å². The molecule has 1 heterocycles. The zero-order chi connectivity index (χ0) is 16.4. The van der Waals surface area contributed by atoms with Crippen molar-refractivity contribution in [3.05, 3.63) is 87.6 Å². The number of nitrogens with zero attached hydrogens (tertiary/aromatic N) is 1. The molecule has 0 unspecified atom stereocenters. The molecular formula is C18H13ClFNO2. The van der Waals surface area contributed by atoms with E-state index in [1.165, 1.54) is 22.8 Å². The van der Waals surface area contributed by atoms with Gasteiger partial charge in [-0.05, 0) is 41.5 Å². The second-order valence-electron chi connectivity index (χ2n) is 5.19. The summed E-state index contributed by atoms with van der Waals surface area (Å²) in [6.45, 7) is 0.165. The number of benzene rings is 2. The van der Waals surface area contributed by atoms with E-state index >= 15 is 0 Å². The molecule has 5 heteroatoms. The van der Waals surface area contributed by atoms with Crippen molar-refractivity contribution in [1.82, 2.24) is 4.57 Å². The molecule has 0 bridgehead atoms. The fourth-order valence-electron chi connectivity index (χ4n) is 2.40. The molecule has 23 heavy (non-hydrogen) atoms. The van der Waals surface area contributed by atoms with Gasteiger partial charge in [0.05, 0.1) is 6.54 Å². The van der Waals surface area contributed by atoms with Gasteiger partial charge in [-0.1, -0.05) is 35.9 Å². The number of aromatic hydroxyl groups is 1. The minimum absolute atomic E-state index is 0.165. The first-order valence-corrected chi connectivity index (χ1v) is 7.34. The topological polar surface area (TPSA) is 42.2 Å². The van der Waals surface area contributed by atoms with E-state index in [2.05, 4.69) is 0 Å². The van der Waals surface area contributed by atoms with E-state index in [4.69, 9.17) is 11.6 Å². The van der Waals surface area contributed by atoms with E-state index in [-0.39, 0.29) is 18.1 Å².